The highest BCUT2D eigenvalue weighted by Gasteiger charge is 2.28. The number of hydrogen-bond donors (Lipinski definition) is 1. The highest BCUT2D eigenvalue weighted by Crippen LogP contribution is 2.37. The van der Waals surface area contributed by atoms with Gasteiger partial charge in [-0.25, -0.2) is 0 Å². The second-order valence-electron chi connectivity index (χ2n) is 7.04. The number of halogens is 1. The molecule has 0 aromatic heterocycles. The van der Waals surface area contributed by atoms with E-state index in [1.807, 2.05) is 12.1 Å². The second-order valence-corrected chi connectivity index (χ2v) is 7.90. The van der Waals surface area contributed by atoms with E-state index >= 15 is 0 Å². The summed E-state index contributed by atoms with van der Waals surface area (Å²) in [7, 11) is 1.58. The van der Waals surface area contributed by atoms with Crippen LogP contribution in [0.5, 0.6) is 11.5 Å². The molecule has 1 fully saturated rings. The largest absolute Gasteiger partial charge is 0.503 e. The topological polar surface area (TPSA) is 32.7 Å². The zero-order valence-electron chi connectivity index (χ0n) is 13.4. The molecule has 0 amide bonds. The fraction of sp³-hybridized carbons (Fsp3) is 0.647. The van der Waals surface area contributed by atoms with Crippen molar-refractivity contribution in [2.75, 3.05) is 20.2 Å². The van der Waals surface area contributed by atoms with E-state index in [4.69, 9.17) is 4.74 Å². The number of phenols is 1. The van der Waals surface area contributed by atoms with Crippen molar-refractivity contribution in [3.05, 3.63) is 22.2 Å². The normalized spacial score (nSPS) is 18.0. The third kappa shape index (κ3) is 4.13. The summed E-state index contributed by atoms with van der Waals surface area (Å²) in [5, 5.41) is 9.87. The van der Waals surface area contributed by atoms with Crippen molar-refractivity contribution in [2.24, 2.45) is 11.3 Å². The zero-order chi connectivity index (χ0) is 15.6. The fourth-order valence-corrected chi connectivity index (χ4v) is 3.58. The van der Waals surface area contributed by atoms with Crippen LogP contribution in [0.2, 0.25) is 0 Å². The van der Waals surface area contributed by atoms with Gasteiger partial charge in [0.1, 0.15) is 0 Å². The molecule has 21 heavy (non-hydrogen) atoms. The number of piperidine rings is 1. The number of rotatable bonds is 3. The lowest BCUT2D eigenvalue weighted by Gasteiger charge is -2.38. The van der Waals surface area contributed by atoms with E-state index in [0.717, 1.165) is 25.6 Å². The first-order valence-corrected chi connectivity index (χ1v) is 8.38. The molecule has 1 aliphatic heterocycles. The Morgan fingerprint density at radius 1 is 1.29 bits per heavy atom. The first kappa shape index (κ1) is 16.6. The molecule has 0 aliphatic carbocycles. The van der Waals surface area contributed by atoms with Crippen molar-refractivity contribution in [3.63, 3.8) is 0 Å². The number of methoxy groups -OCH3 is 1. The number of aromatic hydroxyl groups is 1. The standard InChI is InChI=1S/C17H26BrNO2/c1-17(2,3)13-5-7-19(8-6-13)11-12-9-14(18)16(20)15(10-12)21-4/h9-10,13,20H,5-8,11H2,1-4H3. The van der Waals surface area contributed by atoms with Crippen molar-refractivity contribution in [1.29, 1.82) is 0 Å². The molecule has 0 atom stereocenters. The molecule has 2 rings (SSSR count). The van der Waals surface area contributed by atoms with Crippen molar-refractivity contribution < 1.29 is 9.84 Å². The summed E-state index contributed by atoms with van der Waals surface area (Å²) < 4.78 is 5.91. The molecule has 0 bridgehead atoms. The molecule has 1 aromatic carbocycles. The second kappa shape index (κ2) is 6.57. The van der Waals surface area contributed by atoms with Gasteiger partial charge in [-0.15, -0.1) is 0 Å². The lowest BCUT2D eigenvalue weighted by Crippen LogP contribution is -2.37. The fourth-order valence-electron chi connectivity index (χ4n) is 3.09. The summed E-state index contributed by atoms with van der Waals surface area (Å²) in [6.45, 7) is 10.2. The molecule has 1 heterocycles. The van der Waals surface area contributed by atoms with Crippen molar-refractivity contribution in [1.82, 2.24) is 4.90 Å². The molecule has 4 heteroatoms. The molecule has 0 unspecified atom stereocenters. The van der Waals surface area contributed by atoms with Crippen LogP contribution in [0.4, 0.5) is 0 Å². The summed E-state index contributed by atoms with van der Waals surface area (Å²) in [6, 6.07) is 3.91. The molecule has 0 saturated carbocycles. The number of phenolic OH excluding ortho intramolecular Hbond substituents is 1. The van der Waals surface area contributed by atoms with Gasteiger partial charge < -0.3 is 9.84 Å². The van der Waals surface area contributed by atoms with Gasteiger partial charge in [0.15, 0.2) is 11.5 Å². The van der Waals surface area contributed by atoms with E-state index in [0.29, 0.717) is 15.6 Å². The first-order valence-electron chi connectivity index (χ1n) is 7.59. The Morgan fingerprint density at radius 3 is 2.43 bits per heavy atom. The van der Waals surface area contributed by atoms with Gasteiger partial charge in [0.05, 0.1) is 11.6 Å². The SMILES string of the molecule is COc1cc(CN2CCC(C(C)(C)C)CC2)cc(Br)c1O. The van der Waals surface area contributed by atoms with Crippen molar-refractivity contribution in [2.45, 2.75) is 40.2 Å². The third-order valence-corrected chi connectivity index (χ3v) is 5.13. The Labute approximate surface area is 136 Å². The van der Waals surface area contributed by atoms with Gasteiger partial charge in [0.25, 0.3) is 0 Å². The van der Waals surface area contributed by atoms with Crippen molar-refractivity contribution in [3.8, 4) is 11.5 Å². The first-order chi connectivity index (χ1) is 9.81. The Kier molecular flexibility index (Phi) is 5.20. The Hall–Kier alpha value is -0.740. The van der Waals surface area contributed by atoms with E-state index in [1.165, 1.54) is 18.4 Å². The van der Waals surface area contributed by atoms with E-state index < -0.39 is 0 Å². The molecule has 118 valence electrons. The van der Waals surface area contributed by atoms with E-state index in [1.54, 1.807) is 7.11 Å². The van der Waals surface area contributed by atoms with Gasteiger partial charge in [-0.3, -0.25) is 4.90 Å². The lowest BCUT2D eigenvalue weighted by molar-refractivity contribution is 0.108. The maximum absolute atomic E-state index is 9.87. The van der Waals surface area contributed by atoms with E-state index in [9.17, 15) is 5.11 Å². The monoisotopic (exact) mass is 355 g/mol. The highest BCUT2D eigenvalue weighted by molar-refractivity contribution is 9.10. The minimum absolute atomic E-state index is 0.174. The summed E-state index contributed by atoms with van der Waals surface area (Å²) in [5.41, 5.74) is 1.59. The average Bonchev–Trinajstić information content (AvgIpc) is 2.42. The summed E-state index contributed by atoms with van der Waals surface area (Å²) >= 11 is 3.39. The molecule has 3 nitrogen and oxygen atoms in total. The minimum Gasteiger partial charge on any atom is -0.503 e. The number of benzene rings is 1. The Balaban J connectivity index is 1.99. The zero-order valence-corrected chi connectivity index (χ0v) is 15.0. The molecule has 0 spiro atoms. The van der Waals surface area contributed by atoms with Crippen LogP contribution in [0.1, 0.15) is 39.2 Å². The number of ether oxygens (including phenoxy) is 1. The molecule has 1 aliphatic rings. The van der Waals surface area contributed by atoms with Gasteiger partial charge in [-0.05, 0) is 70.9 Å². The quantitative estimate of drug-likeness (QED) is 0.870. The van der Waals surface area contributed by atoms with Gasteiger partial charge in [0, 0.05) is 6.54 Å². The highest BCUT2D eigenvalue weighted by atomic mass is 79.9. The maximum atomic E-state index is 9.87. The molecule has 1 saturated heterocycles. The van der Waals surface area contributed by atoms with Crippen LogP contribution >= 0.6 is 15.9 Å². The smallest absolute Gasteiger partial charge is 0.172 e. The summed E-state index contributed by atoms with van der Waals surface area (Å²) in [5.74, 6) is 1.52. The minimum atomic E-state index is 0.174. The maximum Gasteiger partial charge on any atom is 0.172 e. The van der Waals surface area contributed by atoms with E-state index in [-0.39, 0.29) is 5.75 Å². The molecule has 1 aromatic rings. The summed E-state index contributed by atoms with van der Waals surface area (Å²) in [6.07, 6.45) is 2.53. The van der Waals surface area contributed by atoms with Crippen LogP contribution in [-0.2, 0) is 6.54 Å². The predicted molar refractivity (Wildman–Crippen MR) is 89.8 cm³/mol. The van der Waals surface area contributed by atoms with Gasteiger partial charge in [-0.1, -0.05) is 20.8 Å². The molecule has 0 radical (unpaired) electrons. The number of hydrogen-bond acceptors (Lipinski definition) is 3. The Bertz CT molecular complexity index is 488. The number of nitrogens with zero attached hydrogens (tertiary/aromatic N) is 1. The van der Waals surface area contributed by atoms with Crippen LogP contribution in [-0.4, -0.2) is 30.2 Å². The number of likely N-dealkylation sites (tertiary alicyclic amines) is 1. The van der Waals surface area contributed by atoms with Crippen LogP contribution in [0.3, 0.4) is 0 Å². The van der Waals surface area contributed by atoms with Crippen LogP contribution in [0, 0.1) is 11.3 Å². The van der Waals surface area contributed by atoms with Crippen LogP contribution in [0.15, 0.2) is 16.6 Å². The summed E-state index contributed by atoms with van der Waals surface area (Å²) in [4.78, 5) is 2.49. The van der Waals surface area contributed by atoms with E-state index in [2.05, 4.69) is 41.6 Å². The van der Waals surface area contributed by atoms with Crippen LogP contribution in [0.25, 0.3) is 0 Å². The van der Waals surface area contributed by atoms with Crippen LogP contribution < -0.4 is 4.74 Å². The predicted octanol–water partition coefficient (Wildman–Crippen LogP) is 4.42. The molecular formula is C17H26BrNO2. The molecule has 1 N–H and O–H groups in total. The third-order valence-electron chi connectivity index (χ3n) is 4.53. The van der Waals surface area contributed by atoms with Gasteiger partial charge in [-0.2, -0.15) is 0 Å². The van der Waals surface area contributed by atoms with Gasteiger partial charge >= 0.3 is 0 Å². The average molecular weight is 356 g/mol. The van der Waals surface area contributed by atoms with Gasteiger partial charge in [0.2, 0.25) is 0 Å². The molecular weight excluding hydrogens is 330 g/mol. The van der Waals surface area contributed by atoms with Crippen molar-refractivity contribution >= 4 is 15.9 Å². The Morgan fingerprint density at radius 2 is 1.90 bits per heavy atom. The lowest BCUT2D eigenvalue weighted by atomic mass is 9.75.